The number of aromatic nitrogens is 2. The van der Waals surface area contributed by atoms with Crippen LogP contribution in [0.2, 0.25) is 0 Å². The van der Waals surface area contributed by atoms with Gasteiger partial charge in [-0.3, -0.25) is 4.79 Å². The first-order valence-electron chi connectivity index (χ1n) is 10.0. The third-order valence-electron chi connectivity index (χ3n) is 4.88. The molecule has 1 aliphatic heterocycles. The summed E-state index contributed by atoms with van der Waals surface area (Å²) in [6.07, 6.45) is 5.81. The van der Waals surface area contributed by atoms with Gasteiger partial charge in [0.1, 0.15) is 5.03 Å². The maximum absolute atomic E-state index is 11.7. The van der Waals surface area contributed by atoms with E-state index in [2.05, 4.69) is 14.6 Å². The molecule has 1 aromatic heterocycles. The van der Waals surface area contributed by atoms with Gasteiger partial charge in [-0.2, -0.15) is 0 Å². The number of aryl methyl sites for hydroxylation is 1. The van der Waals surface area contributed by atoms with E-state index in [-0.39, 0.29) is 18.1 Å². The van der Waals surface area contributed by atoms with E-state index in [0.29, 0.717) is 19.5 Å². The summed E-state index contributed by atoms with van der Waals surface area (Å²) in [6.45, 7) is 3.38. The minimum Gasteiger partial charge on any atom is -0.390 e. The number of carbonyl (C=O) groups excluding carboxylic acids is 1. The number of amides is 1. The van der Waals surface area contributed by atoms with Gasteiger partial charge in [-0.15, -0.1) is 0 Å². The van der Waals surface area contributed by atoms with E-state index in [0.717, 1.165) is 30.0 Å². The maximum Gasteiger partial charge on any atom is 0.217 e. The molecule has 3 unspecified atom stereocenters. The van der Waals surface area contributed by atoms with E-state index in [1.54, 1.807) is 6.33 Å². The molecule has 8 heteroatoms. The third kappa shape index (κ3) is 7.15. The Kier molecular flexibility index (Phi) is 8.11. The van der Waals surface area contributed by atoms with E-state index < -0.39 is 6.10 Å². The number of nitrogens with one attached hydrogen (secondary N) is 1. The molecule has 1 saturated heterocycles. The number of hydrogen-bond acceptors (Lipinski definition) is 6. The van der Waals surface area contributed by atoms with Crippen molar-refractivity contribution in [2.75, 3.05) is 19.7 Å². The van der Waals surface area contributed by atoms with Gasteiger partial charge in [0.2, 0.25) is 5.91 Å². The molecule has 1 fully saturated rings. The Hall–Kier alpha value is -1.87. The number of imidazole rings is 1. The Morgan fingerprint density at radius 1 is 1.45 bits per heavy atom. The molecule has 0 spiro atoms. The van der Waals surface area contributed by atoms with Gasteiger partial charge < -0.3 is 19.7 Å². The summed E-state index contributed by atoms with van der Waals surface area (Å²) in [5.74, 6) is -0.145. The summed E-state index contributed by atoms with van der Waals surface area (Å²) >= 11 is 1.52. The molecular formula is C21H30N4O3S. The van der Waals surface area contributed by atoms with Gasteiger partial charge in [-0.1, -0.05) is 30.3 Å². The average molecular weight is 419 g/mol. The number of aliphatic hydroxyl groups excluding tert-OH is 1. The Labute approximate surface area is 176 Å². The molecule has 0 aliphatic carbocycles. The van der Waals surface area contributed by atoms with E-state index in [9.17, 15) is 9.90 Å². The minimum atomic E-state index is -0.725. The molecule has 1 aromatic carbocycles. The largest absolute Gasteiger partial charge is 0.390 e. The van der Waals surface area contributed by atoms with Crippen LogP contribution in [0, 0.1) is 0 Å². The second-order valence-corrected chi connectivity index (χ2v) is 8.63. The van der Waals surface area contributed by atoms with Gasteiger partial charge >= 0.3 is 0 Å². The zero-order valence-corrected chi connectivity index (χ0v) is 17.8. The SMILES string of the molecule is CC(=O)NC(Cc1ccccc1)C(O)CN(CC1CCCO1)Sc1cn(C)cn1. The van der Waals surface area contributed by atoms with Crippen LogP contribution < -0.4 is 5.32 Å². The van der Waals surface area contributed by atoms with Crippen LogP contribution in [-0.2, 0) is 23.0 Å². The molecule has 29 heavy (non-hydrogen) atoms. The second kappa shape index (κ2) is 10.8. The lowest BCUT2D eigenvalue weighted by atomic mass is 10.0. The van der Waals surface area contributed by atoms with Gasteiger partial charge in [0.25, 0.3) is 0 Å². The summed E-state index contributed by atoms with van der Waals surface area (Å²) in [5.41, 5.74) is 1.08. The summed E-state index contributed by atoms with van der Waals surface area (Å²) in [6, 6.07) is 9.54. The van der Waals surface area contributed by atoms with Crippen molar-refractivity contribution in [3.63, 3.8) is 0 Å². The highest BCUT2D eigenvalue weighted by atomic mass is 32.2. The highest BCUT2D eigenvalue weighted by Gasteiger charge is 2.27. The number of benzene rings is 1. The summed E-state index contributed by atoms with van der Waals surface area (Å²) in [5, 5.41) is 14.8. The Morgan fingerprint density at radius 3 is 2.86 bits per heavy atom. The van der Waals surface area contributed by atoms with Gasteiger partial charge in [-0.25, -0.2) is 9.29 Å². The fourth-order valence-corrected chi connectivity index (χ4v) is 4.52. The van der Waals surface area contributed by atoms with Gasteiger partial charge in [0.15, 0.2) is 0 Å². The molecule has 2 aromatic rings. The van der Waals surface area contributed by atoms with Crippen LogP contribution in [0.5, 0.6) is 0 Å². The van der Waals surface area contributed by atoms with Crippen LogP contribution >= 0.6 is 11.9 Å². The first-order chi connectivity index (χ1) is 14.0. The second-order valence-electron chi connectivity index (χ2n) is 7.51. The van der Waals surface area contributed by atoms with Gasteiger partial charge in [0, 0.05) is 39.9 Å². The normalized spacial score (nSPS) is 18.7. The monoisotopic (exact) mass is 418 g/mol. The van der Waals surface area contributed by atoms with E-state index in [1.807, 2.05) is 48.1 Å². The molecule has 1 aliphatic rings. The van der Waals surface area contributed by atoms with Gasteiger partial charge in [-0.05, 0) is 36.8 Å². The third-order valence-corrected chi connectivity index (χ3v) is 5.83. The molecule has 3 rings (SSSR count). The fraction of sp³-hybridized carbons (Fsp3) is 0.524. The van der Waals surface area contributed by atoms with Crippen molar-refractivity contribution in [1.29, 1.82) is 0 Å². The molecule has 158 valence electrons. The Bertz CT molecular complexity index is 764. The van der Waals surface area contributed by atoms with E-state index in [4.69, 9.17) is 4.74 Å². The van der Waals surface area contributed by atoms with Crippen LogP contribution in [0.4, 0.5) is 0 Å². The molecule has 0 bridgehead atoms. The van der Waals surface area contributed by atoms with E-state index >= 15 is 0 Å². The number of hydrogen-bond donors (Lipinski definition) is 2. The first kappa shape index (κ1) is 21.8. The zero-order valence-electron chi connectivity index (χ0n) is 17.0. The van der Waals surface area contributed by atoms with Crippen molar-refractivity contribution in [3.05, 3.63) is 48.4 Å². The molecule has 2 heterocycles. The van der Waals surface area contributed by atoms with Crippen molar-refractivity contribution < 1.29 is 14.6 Å². The molecule has 1 amide bonds. The number of nitrogens with zero attached hydrogens (tertiary/aromatic N) is 3. The summed E-state index contributed by atoms with van der Waals surface area (Å²) < 4.78 is 9.80. The number of rotatable bonds is 10. The van der Waals surface area contributed by atoms with Crippen LogP contribution in [0.3, 0.4) is 0 Å². The van der Waals surface area contributed by atoms with Crippen LogP contribution in [0.15, 0.2) is 47.9 Å². The molecule has 2 N–H and O–H groups in total. The number of carbonyl (C=O) groups is 1. The number of aliphatic hydroxyl groups is 1. The van der Waals surface area contributed by atoms with Crippen LogP contribution in [0.1, 0.15) is 25.3 Å². The molecule has 0 saturated carbocycles. The van der Waals surface area contributed by atoms with Crippen molar-refractivity contribution in [2.45, 2.75) is 49.5 Å². The highest BCUT2D eigenvalue weighted by Crippen LogP contribution is 2.24. The van der Waals surface area contributed by atoms with Crippen LogP contribution in [0.25, 0.3) is 0 Å². The van der Waals surface area contributed by atoms with Crippen molar-refractivity contribution in [3.8, 4) is 0 Å². The van der Waals surface area contributed by atoms with Crippen molar-refractivity contribution in [1.82, 2.24) is 19.2 Å². The van der Waals surface area contributed by atoms with Crippen molar-refractivity contribution >= 4 is 17.9 Å². The fourth-order valence-electron chi connectivity index (χ4n) is 3.48. The summed E-state index contributed by atoms with van der Waals surface area (Å²) in [4.78, 5) is 16.1. The lowest BCUT2D eigenvalue weighted by molar-refractivity contribution is -0.120. The smallest absolute Gasteiger partial charge is 0.217 e. The summed E-state index contributed by atoms with van der Waals surface area (Å²) in [7, 11) is 1.93. The first-order valence-corrected chi connectivity index (χ1v) is 10.8. The Morgan fingerprint density at radius 2 is 2.24 bits per heavy atom. The molecule has 3 atom stereocenters. The highest BCUT2D eigenvalue weighted by molar-refractivity contribution is 7.97. The lowest BCUT2D eigenvalue weighted by Gasteiger charge is -2.30. The molecular weight excluding hydrogens is 388 g/mol. The van der Waals surface area contributed by atoms with Crippen molar-refractivity contribution in [2.24, 2.45) is 7.05 Å². The zero-order chi connectivity index (χ0) is 20.6. The average Bonchev–Trinajstić information content (AvgIpc) is 3.33. The molecule has 0 radical (unpaired) electrons. The quantitative estimate of drug-likeness (QED) is 0.575. The maximum atomic E-state index is 11.7. The molecule has 7 nitrogen and oxygen atoms in total. The van der Waals surface area contributed by atoms with Crippen LogP contribution in [-0.4, -0.2) is 62.8 Å². The lowest BCUT2D eigenvalue weighted by Crippen LogP contribution is -2.48. The topological polar surface area (TPSA) is 79.6 Å². The predicted molar refractivity (Wildman–Crippen MR) is 113 cm³/mol. The van der Waals surface area contributed by atoms with Gasteiger partial charge in [0.05, 0.1) is 24.6 Å². The minimum absolute atomic E-state index is 0.145. The number of ether oxygens (including phenoxy) is 1. The Balaban J connectivity index is 1.68. The standard InChI is InChI=1S/C21H30N4O3S/c1-16(26)23-19(11-17-7-4-3-5-8-17)20(27)13-25(12-18-9-6-10-28-18)29-21-14-24(2)15-22-21/h3-5,7-8,14-15,18-20,27H,6,9-13H2,1-2H3,(H,23,26). The predicted octanol–water partition coefficient (Wildman–Crippen LogP) is 2.02. The van der Waals surface area contributed by atoms with E-state index in [1.165, 1.54) is 18.9 Å².